The minimum absolute atomic E-state index is 0.0355. The van der Waals surface area contributed by atoms with E-state index in [4.69, 9.17) is 20.8 Å². The lowest BCUT2D eigenvalue weighted by Gasteiger charge is -2.17. The molecule has 0 aliphatic heterocycles. The summed E-state index contributed by atoms with van der Waals surface area (Å²) in [5.74, 6) is -0.892. The molecule has 0 bridgehead atoms. The second kappa shape index (κ2) is 10.0. The molecule has 4 rings (SSSR count). The van der Waals surface area contributed by atoms with E-state index in [0.29, 0.717) is 10.9 Å². The molecule has 1 unspecified atom stereocenters. The predicted molar refractivity (Wildman–Crippen MR) is 134 cm³/mol. The normalized spacial score (nSPS) is 12.4. The van der Waals surface area contributed by atoms with Crippen molar-refractivity contribution < 1.29 is 22.4 Å². The summed E-state index contributed by atoms with van der Waals surface area (Å²) < 4.78 is 38.6. The first-order valence-corrected chi connectivity index (χ1v) is 12.7. The van der Waals surface area contributed by atoms with Gasteiger partial charge in [0.1, 0.15) is 11.6 Å². The lowest BCUT2D eigenvalue weighted by atomic mass is 10.0. The summed E-state index contributed by atoms with van der Waals surface area (Å²) in [7, 11) is -3.96. The van der Waals surface area contributed by atoms with Gasteiger partial charge in [0, 0.05) is 17.5 Å². The average molecular weight is 512 g/mol. The maximum atomic E-state index is 12.9. The molecule has 1 heterocycles. The molecule has 1 N–H and O–H groups in total. The van der Waals surface area contributed by atoms with Crippen LogP contribution >= 0.6 is 11.6 Å². The molecule has 1 atom stereocenters. The standard InChI is InChI=1S/C26H22ClNO6S/c1-3-22(28-35(31,32)18-11-9-16(2)10-12-18)26(30)34-24-15-23-20(13-21(24)27)19(14-25(29)33-23)17-7-5-4-6-8-17/h4-15,22,28H,3H2,1-2H3. The van der Waals surface area contributed by atoms with E-state index in [1.165, 1.54) is 24.3 Å². The number of rotatable bonds is 7. The van der Waals surface area contributed by atoms with Gasteiger partial charge in [0.2, 0.25) is 10.0 Å². The Labute approximate surface area is 207 Å². The van der Waals surface area contributed by atoms with Crippen LogP contribution in [0.2, 0.25) is 5.02 Å². The topological polar surface area (TPSA) is 103 Å². The molecule has 0 aliphatic rings. The smallest absolute Gasteiger partial charge is 0.336 e. The van der Waals surface area contributed by atoms with E-state index >= 15 is 0 Å². The first-order valence-electron chi connectivity index (χ1n) is 10.8. The lowest BCUT2D eigenvalue weighted by molar-refractivity contribution is -0.136. The molecule has 0 aliphatic carbocycles. The van der Waals surface area contributed by atoms with Crippen molar-refractivity contribution in [3.8, 4) is 16.9 Å². The SMILES string of the molecule is CCC(NS(=O)(=O)c1ccc(C)cc1)C(=O)Oc1cc2oc(=O)cc(-c3ccccc3)c2cc1Cl. The highest BCUT2D eigenvalue weighted by Gasteiger charge is 2.27. The number of fused-ring (bicyclic) bond motifs is 1. The van der Waals surface area contributed by atoms with E-state index in [-0.39, 0.29) is 27.7 Å². The van der Waals surface area contributed by atoms with Gasteiger partial charge < -0.3 is 9.15 Å². The summed E-state index contributed by atoms with van der Waals surface area (Å²) in [4.78, 5) is 25.1. The Balaban J connectivity index is 1.63. The summed E-state index contributed by atoms with van der Waals surface area (Å²) in [5, 5.41) is 0.667. The van der Waals surface area contributed by atoms with Crippen LogP contribution < -0.4 is 15.1 Å². The van der Waals surface area contributed by atoms with Gasteiger partial charge in [-0.25, -0.2) is 18.0 Å². The third-order valence-corrected chi connectivity index (χ3v) is 7.20. The average Bonchev–Trinajstić information content (AvgIpc) is 2.83. The molecule has 4 aromatic rings. The number of ether oxygens (including phenoxy) is 1. The van der Waals surface area contributed by atoms with Gasteiger partial charge in [-0.05, 0) is 42.7 Å². The number of hydrogen-bond acceptors (Lipinski definition) is 6. The zero-order valence-corrected chi connectivity index (χ0v) is 20.5. The summed E-state index contributed by atoms with van der Waals surface area (Å²) in [6.07, 6.45) is 0.141. The van der Waals surface area contributed by atoms with E-state index in [2.05, 4.69) is 4.72 Å². The van der Waals surface area contributed by atoms with E-state index in [1.54, 1.807) is 25.1 Å². The van der Waals surface area contributed by atoms with Crippen molar-refractivity contribution >= 4 is 38.6 Å². The Hall–Kier alpha value is -3.46. The fourth-order valence-corrected chi connectivity index (χ4v) is 5.02. The number of sulfonamides is 1. The number of nitrogens with one attached hydrogen (secondary N) is 1. The van der Waals surface area contributed by atoms with Crippen molar-refractivity contribution in [2.75, 3.05) is 0 Å². The molecule has 1 aromatic heterocycles. The largest absolute Gasteiger partial charge is 0.424 e. The van der Waals surface area contributed by atoms with Crippen molar-refractivity contribution in [3.63, 3.8) is 0 Å². The summed E-state index contributed by atoms with van der Waals surface area (Å²) in [6, 6.07) is 18.6. The zero-order chi connectivity index (χ0) is 25.2. The summed E-state index contributed by atoms with van der Waals surface area (Å²) in [6.45, 7) is 3.49. The molecule has 3 aromatic carbocycles. The zero-order valence-electron chi connectivity index (χ0n) is 18.9. The molecule has 0 radical (unpaired) electrons. The number of carbonyl (C=O) groups excluding carboxylic acids is 1. The first-order chi connectivity index (χ1) is 16.7. The number of halogens is 1. The Morgan fingerprint density at radius 2 is 1.74 bits per heavy atom. The Morgan fingerprint density at radius 1 is 1.06 bits per heavy atom. The molecule has 0 saturated carbocycles. The van der Waals surface area contributed by atoms with Crippen LogP contribution in [0.25, 0.3) is 22.1 Å². The highest BCUT2D eigenvalue weighted by atomic mass is 35.5. The van der Waals surface area contributed by atoms with Gasteiger partial charge in [-0.1, -0.05) is 66.6 Å². The highest BCUT2D eigenvalue weighted by molar-refractivity contribution is 7.89. The number of carbonyl (C=O) groups is 1. The van der Waals surface area contributed by atoms with Crippen molar-refractivity contribution in [2.24, 2.45) is 0 Å². The molecule has 9 heteroatoms. The second-order valence-corrected chi connectivity index (χ2v) is 10.1. The van der Waals surface area contributed by atoms with Crippen LogP contribution in [0, 0.1) is 6.92 Å². The van der Waals surface area contributed by atoms with Crippen LogP contribution in [0.15, 0.2) is 86.9 Å². The number of esters is 1. The van der Waals surface area contributed by atoms with Gasteiger partial charge in [-0.3, -0.25) is 0 Å². The minimum atomic E-state index is -3.96. The Bertz CT molecular complexity index is 1550. The van der Waals surface area contributed by atoms with Gasteiger partial charge in [0.25, 0.3) is 0 Å². The molecule has 0 fully saturated rings. The first kappa shape index (κ1) is 24.7. The van der Waals surface area contributed by atoms with Crippen LogP contribution in [0.5, 0.6) is 5.75 Å². The Morgan fingerprint density at radius 3 is 2.40 bits per heavy atom. The van der Waals surface area contributed by atoms with Crippen molar-refractivity contribution in [2.45, 2.75) is 31.2 Å². The Kier molecular flexibility index (Phi) is 7.07. The molecule has 180 valence electrons. The van der Waals surface area contributed by atoms with Crippen molar-refractivity contribution in [1.29, 1.82) is 0 Å². The van der Waals surface area contributed by atoms with Crippen LogP contribution in [0.1, 0.15) is 18.9 Å². The van der Waals surface area contributed by atoms with E-state index < -0.39 is 27.7 Å². The number of hydrogen-bond donors (Lipinski definition) is 1. The molecule has 7 nitrogen and oxygen atoms in total. The number of aryl methyl sites for hydroxylation is 1. The molecular formula is C26H22ClNO6S. The predicted octanol–water partition coefficient (Wildman–Crippen LogP) is 5.08. The van der Waals surface area contributed by atoms with Crippen molar-refractivity contribution in [3.05, 3.63) is 93.8 Å². The van der Waals surface area contributed by atoms with E-state index in [0.717, 1.165) is 11.1 Å². The van der Waals surface area contributed by atoms with Crippen LogP contribution in [-0.4, -0.2) is 20.4 Å². The maximum absolute atomic E-state index is 12.9. The van der Waals surface area contributed by atoms with Gasteiger partial charge in [-0.15, -0.1) is 0 Å². The maximum Gasteiger partial charge on any atom is 0.336 e. The molecular weight excluding hydrogens is 490 g/mol. The van der Waals surface area contributed by atoms with E-state index in [9.17, 15) is 18.0 Å². The van der Waals surface area contributed by atoms with E-state index in [1.807, 2.05) is 37.3 Å². The number of benzene rings is 3. The quantitative estimate of drug-likeness (QED) is 0.211. The summed E-state index contributed by atoms with van der Waals surface area (Å²) in [5.41, 5.74) is 1.92. The van der Waals surface area contributed by atoms with Crippen LogP contribution in [0.4, 0.5) is 0 Å². The molecule has 0 amide bonds. The molecule has 35 heavy (non-hydrogen) atoms. The fraction of sp³-hybridized carbons (Fsp3) is 0.154. The lowest BCUT2D eigenvalue weighted by Crippen LogP contribution is -2.42. The third-order valence-electron chi connectivity index (χ3n) is 5.41. The molecule has 0 saturated heterocycles. The van der Waals surface area contributed by atoms with Gasteiger partial charge >= 0.3 is 11.6 Å². The molecule has 0 spiro atoms. The summed E-state index contributed by atoms with van der Waals surface area (Å²) >= 11 is 6.40. The van der Waals surface area contributed by atoms with Crippen LogP contribution in [0.3, 0.4) is 0 Å². The van der Waals surface area contributed by atoms with Gasteiger partial charge in [0.15, 0.2) is 5.75 Å². The third kappa shape index (κ3) is 5.45. The fourth-order valence-electron chi connectivity index (χ4n) is 3.55. The van der Waals surface area contributed by atoms with Crippen LogP contribution in [-0.2, 0) is 14.8 Å². The van der Waals surface area contributed by atoms with Gasteiger partial charge in [-0.2, -0.15) is 4.72 Å². The van der Waals surface area contributed by atoms with Crippen molar-refractivity contribution in [1.82, 2.24) is 4.72 Å². The monoisotopic (exact) mass is 511 g/mol. The second-order valence-electron chi connectivity index (χ2n) is 7.94. The highest BCUT2D eigenvalue weighted by Crippen LogP contribution is 2.35. The van der Waals surface area contributed by atoms with Gasteiger partial charge in [0.05, 0.1) is 9.92 Å². The minimum Gasteiger partial charge on any atom is -0.424 e.